The van der Waals surface area contributed by atoms with E-state index in [0.717, 1.165) is 0 Å². The molecule has 0 aliphatic carbocycles. The summed E-state index contributed by atoms with van der Waals surface area (Å²) in [6, 6.07) is 2.05. The minimum atomic E-state index is -1.08. The van der Waals surface area contributed by atoms with Crippen LogP contribution in [0.2, 0.25) is 0 Å². The van der Waals surface area contributed by atoms with E-state index in [4.69, 9.17) is 4.74 Å². The van der Waals surface area contributed by atoms with Gasteiger partial charge in [-0.25, -0.2) is 4.98 Å². The molecule has 0 spiro atoms. The second kappa shape index (κ2) is 4.81. The molecule has 0 amide bonds. The number of ether oxygens (including phenoxy) is 1. The summed E-state index contributed by atoms with van der Waals surface area (Å²) in [6.45, 7) is 1.87. The summed E-state index contributed by atoms with van der Waals surface area (Å²) in [6.07, 6.45) is 1.30. The lowest BCUT2D eigenvalue weighted by Gasteiger charge is -2.25. The van der Waals surface area contributed by atoms with E-state index in [0.29, 0.717) is 0 Å². The Morgan fingerprint density at radius 3 is 3.11 bits per heavy atom. The molecule has 8 heteroatoms. The van der Waals surface area contributed by atoms with Gasteiger partial charge in [0.25, 0.3) is 5.69 Å². The molecule has 2 heterocycles. The van der Waals surface area contributed by atoms with Gasteiger partial charge in [-0.05, 0) is 6.92 Å². The molecule has 1 fully saturated rings. The summed E-state index contributed by atoms with van der Waals surface area (Å²) in [5, 5.41) is 22.8. The van der Waals surface area contributed by atoms with Crippen molar-refractivity contribution < 1.29 is 19.6 Å². The lowest BCUT2D eigenvalue weighted by Crippen LogP contribution is -2.43. The standard InChI is InChI=1S/C11H13N3O5/c1-11(10(15)16)6-19-5-8(11)13-9-4-7(14(17)18)2-3-12-9/h2-4,8H,5-6H2,1H3,(H,12,13)(H,15,16). The van der Waals surface area contributed by atoms with E-state index < -0.39 is 22.3 Å². The Hall–Kier alpha value is -2.22. The molecule has 19 heavy (non-hydrogen) atoms. The number of hydrogen-bond donors (Lipinski definition) is 2. The van der Waals surface area contributed by atoms with Gasteiger partial charge in [0.15, 0.2) is 0 Å². The third-order valence-electron chi connectivity index (χ3n) is 3.22. The smallest absolute Gasteiger partial charge is 0.313 e. The van der Waals surface area contributed by atoms with Crippen molar-refractivity contribution in [1.29, 1.82) is 0 Å². The fourth-order valence-corrected chi connectivity index (χ4v) is 1.88. The first-order chi connectivity index (χ1) is 8.93. The maximum absolute atomic E-state index is 11.3. The maximum atomic E-state index is 11.3. The summed E-state index contributed by atoms with van der Waals surface area (Å²) >= 11 is 0. The van der Waals surface area contributed by atoms with Gasteiger partial charge in [0.1, 0.15) is 11.2 Å². The number of aromatic nitrogens is 1. The van der Waals surface area contributed by atoms with Crippen LogP contribution in [0.15, 0.2) is 18.3 Å². The molecule has 1 aromatic rings. The SMILES string of the molecule is CC1(C(=O)O)COCC1Nc1cc([N+](=O)[O-])ccn1. The molecule has 2 N–H and O–H groups in total. The Bertz CT molecular complexity index is 521. The fraction of sp³-hybridized carbons (Fsp3) is 0.455. The van der Waals surface area contributed by atoms with Crippen LogP contribution in [0.5, 0.6) is 0 Å². The van der Waals surface area contributed by atoms with Crippen molar-refractivity contribution in [3.8, 4) is 0 Å². The van der Waals surface area contributed by atoms with E-state index in [1.54, 1.807) is 6.92 Å². The Morgan fingerprint density at radius 1 is 1.74 bits per heavy atom. The largest absolute Gasteiger partial charge is 0.481 e. The van der Waals surface area contributed by atoms with Crippen LogP contribution >= 0.6 is 0 Å². The number of pyridine rings is 1. The van der Waals surface area contributed by atoms with E-state index in [1.165, 1.54) is 18.3 Å². The van der Waals surface area contributed by atoms with Crippen molar-refractivity contribution in [2.75, 3.05) is 18.5 Å². The maximum Gasteiger partial charge on any atom is 0.313 e. The Kier molecular flexibility index (Phi) is 3.34. The summed E-state index contributed by atoms with van der Waals surface area (Å²) in [7, 11) is 0. The number of carboxylic acid groups (broad SMARTS) is 1. The van der Waals surface area contributed by atoms with Crippen LogP contribution in [-0.4, -0.2) is 40.2 Å². The van der Waals surface area contributed by atoms with Crippen LogP contribution in [0.4, 0.5) is 11.5 Å². The summed E-state index contributed by atoms with van der Waals surface area (Å²) in [5.41, 5.74) is -1.18. The van der Waals surface area contributed by atoms with Crippen molar-refractivity contribution in [3.63, 3.8) is 0 Å². The van der Waals surface area contributed by atoms with Crippen LogP contribution in [0.3, 0.4) is 0 Å². The number of rotatable bonds is 4. The first-order valence-electron chi connectivity index (χ1n) is 5.61. The highest BCUT2D eigenvalue weighted by atomic mass is 16.6. The molecule has 1 aliphatic heterocycles. The normalized spacial score (nSPS) is 26.1. The van der Waals surface area contributed by atoms with E-state index in [9.17, 15) is 20.0 Å². The molecular formula is C11H13N3O5. The van der Waals surface area contributed by atoms with Crippen LogP contribution in [0.1, 0.15) is 6.92 Å². The van der Waals surface area contributed by atoms with Gasteiger partial charge in [-0.15, -0.1) is 0 Å². The van der Waals surface area contributed by atoms with Gasteiger partial charge in [-0.2, -0.15) is 0 Å². The molecule has 2 rings (SSSR count). The molecule has 2 atom stereocenters. The van der Waals surface area contributed by atoms with Gasteiger partial charge in [-0.3, -0.25) is 14.9 Å². The lowest BCUT2D eigenvalue weighted by molar-refractivity contribution is -0.384. The zero-order valence-electron chi connectivity index (χ0n) is 10.2. The first kappa shape index (κ1) is 13.2. The van der Waals surface area contributed by atoms with Crippen molar-refractivity contribution in [1.82, 2.24) is 4.98 Å². The average molecular weight is 267 g/mol. The lowest BCUT2D eigenvalue weighted by atomic mass is 9.85. The van der Waals surface area contributed by atoms with Gasteiger partial charge in [-0.1, -0.05) is 0 Å². The summed E-state index contributed by atoms with van der Waals surface area (Å²) in [5.74, 6) is -0.717. The van der Waals surface area contributed by atoms with Crippen LogP contribution in [-0.2, 0) is 9.53 Å². The monoisotopic (exact) mass is 267 g/mol. The molecule has 0 radical (unpaired) electrons. The molecule has 1 saturated heterocycles. The zero-order valence-corrected chi connectivity index (χ0v) is 10.2. The number of hydrogen-bond acceptors (Lipinski definition) is 6. The van der Waals surface area contributed by atoms with E-state index in [-0.39, 0.29) is 24.7 Å². The highest BCUT2D eigenvalue weighted by molar-refractivity contribution is 5.76. The molecule has 102 valence electrons. The topological polar surface area (TPSA) is 115 Å². The van der Waals surface area contributed by atoms with Crippen LogP contribution in [0.25, 0.3) is 0 Å². The molecule has 2 unspecified atom stereocenters. The number of nitro groups is 1. The van der Waals surface area contributed by atoms with Crippen LogP contribution in [0, 0.1) is 15.5 Å². The van der Waals surface area contributed by atoms with Gasteiger partial charge < -0.3 is 15.2 Å². The van der Waals surface area contributed by atoms with Gasteiger partial charge in [0, 0.05) is 12.3 Å². The van der Waals surface area contributed by atoms with Gasteiger partial charge in [0.2, 0.25) is 0 Å². The number of nitrogens with zero attached hydrogens (tertiary/aromatic N) is 2. The zero-order chi connectivity index (χ0) is 14.0. The van der Waals surface area contributed by atoms with Gasteiger partial charge in [0.05, 0.1) is 30.2 Å². The highest BCUT2D eigenvalue weighted by Gasteiger charge is 2.46. The average Bonchev–Trinajstić information content (AvgIpc) is 2.73. The van der Waals surface area contributed by atoms with Crippen LogP contribution < -0.4 is 5.32 Å². The molecule has 1 aliphatic rings. The third-order valence-corrected chi connectivity index (χ3v) is 3.22. The van der Waals surface area contributed by atoms with Crippen molar-refractivity contribution in [3.05, 3.63) is 28.4 Å². The minimum Gasteiger partial charge on any atom is -0.481 e. The molecule has 1 aromatic heterocycles. The first-order valence-corrected chi connectivity index (χ1v) is 5.61. The van der Waals surface area contributed by atoms with E-state index in [1.807, 2.05) is 0 Å². The minimum absolute atomic E-state index is 0.0922. The number of nitrogens with one attached hydrogen (secondary N) is 1. The summed E-state index contributed by atoms with van der Waals surface area (Å²) < 4.78 is 5.18. The highest BCUT2D eigenvalue weighted by Crippen LogP contribution is 2.31. The molecule has 0 saturated carbocycles. The van der Waals surface area contributed by atoms with Gasteiger partial charge >= 0.3 is 5.97 Å². The fourth-order valence-electron chi connectivity index (χ4n) is 1.88. The van der Waals surface area contributed by atoms with Crippen molar-refractivity contribution in [2.45, 2.75) is 13.0 Å². The number of carboxylic acids is 1. The van der Waals surface area contributed by atoms with Crippen molar-refractivity contribution in [2.24, 2.45) is 5.41 Å². The van der Waals surface area contributed by atoms with E-state index >= 15 is 0 Å². The quantitative estimate of drug-likeness (QED) is 0.614. The predicted molar refractivity (Wildman–Crippen MR) is 64.9 cm³/mol. The second-order valence-corrected chi connectivity index (χ2v) is 4.59. The van der Waals surface area contributed by atoms with E-state index in [2.05, 4.69) is 10.3 Å². The molecule has 0 aromatic carbocycles. The third kappa shape index (κ3) is 2.48. The molecule has 0 bridgehead atoms. The Labute approximate surface area is 108 Å². The summed E-state index contributed by atoms with van der Waals surface area (Å²) in [4.78, 5) is 25.3. The molecular weight excluding hydrogens is 254 g/mol. The number of anilines is 1. The number of aliphatic carboxylic acids is 1. The Morgan fingerprint density at radius 2 is 2.47 bits per heavy atom. The predicted octanol–water partition coefficient (Wildman–Crippen LogP) is 0.891. The number of carbonyl (C=O) groups is 1. The Balaban J connectivity index is 2.19. The molecule has 8 nitrogen and oxygen atoms in total. The second-order valence-electron chi connectivity index (χ2n) is 4.59. The van der Waals surface area contributed by atoms with Crippen molar-refractivity contribution >= 4 is 17.5 Å².